The van der Waals surface area contributed by atoms with Gasteiger partial charge in [-0.25, -0.2) is 0 Å². The molecule has 0 amide bonds. The van der Waals surface area contributed by atoms with Crippen molar-refractivity contribution in [1.82, 2.24) is 0 Å². The predicted molar refractivity (Wildman–Crippen MR) is 86.2 cm³/mol. The number of methoxy groups -OCH3 is 1. The fourth-order valence-electron chi connectivity index (χ4n) is 2.58. The topological polar surface area (TPSA) is 149 Å². The van der Waals surface area contributed by atoms with Crippen LogP contribution in [-0.2, 0) is 0 Å². The minimum absolute atomic E-state index is 0.0141. The van der Waals surface area contributed by atoms with E-state index < -0.39 is 31.0 Å². The van der Waals surface area contributed by atoms with Crippen molar-refractivity contribution in [3.8, 4) is 11.5 Å². The second-order valence-electron chi connectivity index (χ2n) is 5.65. The first kappa shape index (κ1) is 18.6. The van der Waals surface area contributed by atoms with Crippen molar-refractivity contribution >= 4 is 11.4 Å². The average Bonchev–Trinajstić information content (AvgIpc) is 2.59. The van der Waals surface area contributed by atoms with E-state index in [2.05, 4.69) is 0 Å². The lowest BCUT2D eigenvalue weighted by molar-refractivity contribution is -0.112. The molecule has 0 aliphatic carbocycles. The normalized spacial score (nSPS) is 19.0. The first-order chi connectivity index (χ1) is 11.4. The molecular formula is C15H24N2O7. The van der Waals surface area contributed by atoms with E-state index >= 15 is 0 Å². The number of rotatable bonds is 7. The van der Waals surface area contributed by atoms with Gasteiger partial charge in [-0.15, -0.1) is 0 Å². The van der Waals surface area contributed by atoms with Crippen molar-refractivity contribution < 1.29 is 35.0 Å². The maximum atomic E-state index is 10.2. The summed E-state index contributed by atoms with van der Waals surface area (Å²) in [5.41, 5.74) is 6.89. The van der Waals surface area contributed by atoms with Crippen LogP contribution in [0, 0.1) is 0 Å². The summed E-state index contributed by atoms with van der Waals surface area (Å²) in [7, 11) is 1.48. The molecule has 24 heavy (non-hydrogen) atoms. The molecule has 7 N–H and O–H groups in total. The van der Waals surface area contributed by atoms with Gasteiger partial charge in [0, 0.05) is 18.7 Å². The standard InChI is InChI=1S/C15H24N2O7/c1-23-12-5-9-13(4-8(12)16)24-3-2-17(9)6-10(19)14(21)15(22)11(20)7-18/h4-5,10-11,14-15,18-22H,2-3,6-7,16H2,1H3. The van der Waals surface area contributed by atoms with Gasteiger partial charge in [-0.1, -0.05) is 0 Å². The molecule has 0 bridgehead atoms. The van der Waals surface area contributed by atoms with Gasteiger partial charge >= 0.3 is 0 Å². The van der Waals surface area contributed by atoms with Crippen LogP contribution in [0.1, 0.15) is 0 Å². The van der Waals surface area contributed by atoms with E-state index in [1.165, 1.54) is 7.11 Å². The van der Waals surface area contributed by atoms with E-state index in [0.717, 1.165) is 0 Å². The SMILES string of the molecule is COc1cc2c(cc1N)OCCN2CC(O)C(O)C(O)C(O)CO. The Morgan fingerprint density at radius 3 is 2.50 bits per heavy atom. The Morgan fingerprint density at radius 1 is 1.21 bits per heavy atom. The van der Waals surface area contributed by atoms with Crippen LogP contribution >= 0.6 is 0 Å². The van der Waals surface area contributed by atoms with E-state index in [1.54, 1.807) is 17.0 Å². The predicted octanol–water partition coefficient (Wildman–Crippen LogP) is -2.09. The van der Waals surface area contributed by atoms with Gasteiger partial charge in [-0.2, -0.15) is 0 Å². The number of aliphatic hydroxyl groups excluding tert-OH is 5. The second-order valence-corrected chi connectivity index (χ2v) is 5.65. The van der Waals surface area contributed by atoms with Crippen molar-refractivity contribution in [2.24, 2.45) is 0 Å². The minimum atomic E-state index is -1.66. The average molecular weight is 344 g/mol. The molecule has 0 saturated carbocycles. The molecular weight excluding hydrogens is 320 g/mol. The Hall–Kier alpha value is -1.78. The van der Waals surface area contributed by atoms with Gasteiger partial charge in [0.25, 0.3) is 0 Å². The van der Waals surface area contributed by atoms with Crippen LogP contribution in [0.2, 0.25) is 0 Å². The molecule has 1 aromatic rings. The molecule has 1 heterocycles. The van der Waals surface area contributed by atoms with Gasteiger partial charge in [0.2, 0.25) is 0 Å². The van der Waals surface area contributed by atoms with E-state index in [0.29, 0.717) is 36.0 Å². The Morgan fingerprint density at radius 2 is 1.88 bits per heavy atom. The lowest BCUT2D eigenvalue weighted by Gasteiger charge is -2.35. The van der Waals surface area contributed by atoms with E-state index in [9.17, 15) is 20.4 Å². The number of hydrogen-bond donors (Lipinski definition) is 6. The number of nitrogens with two attached hydrogens (primary N) is 1. The maximum Gasteiger partial charge on any atom is 0.145 e. The number of anilines is 2. The number of β-amino-alcohol motifs (C(OH)–C–C–N with tert-alkyl or cyclic N) is 1. The largest absolute Gasteiger partial charge is 0.495 e. The zero-order valence-electron chi connectivity index (χ0n) is 13.4. The number of hydrogen-bond acceptors (Lipinski definition) is 9. The summed E-state index contributed by atoms with van der Waals surface area (Å²) in [4.78, 5) is 1.76. The number of fused-ring (bicyclic) bond motifs is 1. The number of ether oxygens (including phenoxy) is 2. The summed E-state index contributed by atoms with van der Waals surface area (Å²) in [5.74, 6) is 0.979. The molecule has 2 rings (SSSR count). The highest BCUT2D eigenvalue weighted by molar-refractivity contribution is 5.71. The molecule has 136 valence electrons. The first-order valence-electron chi connectivity index (χ1n) is 7.57. The molecule has 0 spiro atoms. The summed E-state index contributed by atoms with van der Waals surface area (Å²) < 4.78 is 10.7. The molecule has 1 aromatic carbocycles. The van der Waals surface area contributed by atoms with E-state index in [4.69, 9.17) is 20.3 Å². The monoisotopic (exact) mass is 344 g/mol. The van der Waals surface area contributed by atoms with Gasteiger partial charge < -0.3 is 45.6 Å². The Balaban J connectivity index is 2.14. The lowest BCUT2D eigenvalue weighted by atomic mass is 10.0. The zero-order valence-corrected chi connectivity index (χ0v) is 13.4. The Kier molecular flexibility index (Phi) is 6.08. The van der Waals surface area contributed by atoms with E-state index in [-0.39, 0.29) is 6.54 Å². The molecule has 0 saturated heterocycles. The first-order valence-corrected chi connectivity index (χ1v) is 7.57. The van der Waals surface area contributed by atoms with Crippen LogP contribution < -0.4 is 20.1 Å². The van der Waals surface area contributed by atoms with Crippen LogP contribution in [0.3, 0.4) is 0 Å². The van der Waals surface area contributed by atoms with Crippen LogP contribution in [0.15, 0.2) is 12.1 Å². The van der Waals surface area contributed by atoms with Crippen LogP contribution in [0.25, 0.3) is 0 Å². The molecule has 9 heteroatoms. The van der Waals surface area contributed by atoms with Crippen molar-refractivity contribution in [2.45, 2.75) is 24.4 Å². The highest BCUT2D eigenvalue weighted by Gasteiger charge is 2.32. The molecule has 4 unspecified atom stereocenters. The maximum absolute atomic E-state index is 10.2. The molecule has 0 aromatic heterocycles. The minimum Gasteiger partial charge on any atom is -0.495 e. The van der Waals surface area contributed by atoms with Gasteiger partial charge in [0.05, 0.1) is 37.7 Å². The number of benzene rings is 1. The Labute approximate surface area is 139 Å². The molecule has 0 fully saturated rings. The molecule has 1 aliphatic heterocycles. The number of aliphatic hydroxyl groups is 5. The lowest BCUT2D eigenvalue weighted by Crippen LogP contribution is -2.50. The van der Waals surface area contributed by atoms with Gasteiger partial charge in [-0.3, -0.25) is 0 Å². The highest BCUT2D eigenvalue weighted by Crippen LogP contribution is 2.39. The zero-order chi connectivity index (χ0) is 17.9. The summed E-state index contributed by atoms with van der Waals surface area (Å²) >= 11 is 0. The fraction of sp³-hybridized carbons (Fsp3) is 0.600. The third-order valence-corrected chi connectivity index (χ3v) is 4.00. The quantitative estimate of drug-likeness (QED) is 0.306. The summed E-state index contributed by atoms with van der Waals surface area (Å²) in [5, 5.41) is 48.0. The van der Waals surface area contributed by atoms with Crippen molar-refractivity contribution in [2.75, 3.05) is 44.0 Å². The number of nitrogen functional groups attached to an aromatic ring is 1. The van der Waals surface area contributed by atoms with Gasteiger partial charge in [-0.05, 0) is 0 Å². The van der Waals surface area contributed by atoms with Crippen molar-refractivity contribution in [3.05, 3.63) is 12.1 Å². The third-order valence-electron chi connectivity index (χ3n) is 4.00. The van der Waals surface area contributed by atoms with Crippen molar-refractivity contribution in [3.63, 3.8) is 0 Å². The molecule has 0 radical (unpaired) electrons. The molecule has 9 nitrogen and oxygen atoms in total. The summed E-state index contributed by atoms with van der Waals surface area (Å²) in [6.45, 7) is 0.0769. The fourth-order valence-corrected chi connectivity index (χ4v) is 2.58. The highest BCUT2D eigenvalue weighted by atomic mass is 16.5. The van der Waals surface area contributed by atoms with Crippen molar-refractivity contribution in [1.29, 1.82) is 0 Å². The van der Waals surface area contributed by atoms with Crippen LogP contribution in [0.4, 0.5) is 11.4 Å². The third kappa shape index (κ3) is 3.82. The molecule has 1 aliphatic rings. The smallest absolute Gasteiger partial charge is 0.145 e. The number of nitrogens with zero attached hydrogens (tertiary/aromatic N) is 1. The summed E-state index contributed by atoms with van der Waals surface area (Å²) in [6.07, 6.45) is -6.16. The summed E-state index contributed by atoms with van der Waals surface area (Å²) in [6, 6.07) is 3.29. The second kappa shape index (κ2) is 7.86. The Bertz CT molecular complexity index is 557. The van der Waals surface area contributed by atoms with Gasteiger partial charge in [0.1, 0.15) is 36.4 Å². The van der Waals surface area contributed by atoms with Crippen LogP contribution in [0.5, 0.6) is 11.5 Å². The van der Waals surface area contributed by atoms with Crippen LogP contribution in [-0.4, -0.2) is 83.4 Å². The van der Waals surface area contributed by atoms with E-state index in [1.807, 2.05) is 0 Å². The molecule has 4 atom stereocenters. The van der Waals surface area contributed by atoms with Gasteiger partial charge in [0.15, 0.2) is 0 Å².